The molecule has 0 spiro atoms. The normalized spacial score (nSPS) is 18.1. The minimum absolute atomic E-state index is 0.241. The lowest BCUT2D eigenvalue weighted by atomic mass is 10.2. The lowest BCUT2D eigenvalue weighted by Crippen LogP contribution is -2.46. The highest BCUT2D eigenvalue weighted by Crippen LogP contribution is 2.15. The van der Waals surface area contributed by atoms with Crippen molar-refractivity contribution in [3.63, 3.8) is 0 Å². The van der Waals surface area contributed by atoms with E-state index in [1.165, 1.54) is 5.56 Å². The molecule has 1 N–H and O–H groups in total. The van der Waals surface area contributed by atoms with Crippen molar-refractivity contribution in [2.45, 2.75) is 13.0 Å². The molecule has 0 saturated carbocycles. The Morgan fingerprint density at radius 3 is 2.70 bits per heavy atom. The molecule has 0 amide bonds. The second-order valence-corrected chi connectivity index (χ2v) is 5.00. The molecule has 106 valence electrons. The summed E-state index contributed by atoms with van der Waals surface area (Å²) in [4.78, 5) is 0. The zero-order valence-corrected chi connectivity index (χ0v) is 11.7. The highest BCUT2D eigenvalue weighted by Gasteiger charge is 2.15. The third-order valence-electron chi connectivity index (χ3n) is 3.51. The van der Waals surface area contributed by atoms with Gasteiger partial charge in [-0.1, -0.05) is 18.2 Å². The highest BCUT2D eigenvalue weighted by molar-refractivity contribution is 5.31. The van der Waals surface area contributed by atoms with E-state index < -0.39 is 0 Å². The van der Waals surface area contributed by atoms with Gasteiger partial charge in [-0.05, 0) is 19.1 Å². The number of aromatic nitrogens is 2. The zero-order valence-electron chi connectivity index (χ0n) is 11.7. The number of hydrogen-bond acceptors (Lipinski definition) is 4. The first-order valence-corrected chi connectivity index (χ1v) is 7.02. The average molecular weight is 272 g/mol. The number of para-hydroxylation sites is 1. The van der Waals surface area contributed by atoms with E-state index in [4.69, 9.17) is 4.74 Å². The highest BCUT2D eigenvalue weighted by atomic mass is 16.5. The minimum atomic E-state index is 0.241. The van der Waals surface area contributed by atoms with E-state index in [1.54, 1.807) is 0 Å². The maximum atomic E-state index is 5.35. The molecule has 1 atom stereocenters. The van der Waals surface area contributed by atoms with Crippen molar-refractivity contribution in [3.8, 4) is 5.69 Å². The Labute approximate surface area is 119 Å². The number of nitrogens with one attached hydrogen (secondary N) is 1. The van der Waals surface area contributed by atoms with Crippen LogP contribution in [-0.4, -0.2) is 41.1 Å². The second-order valence-electron chi connectivity index (χ2n) is 5.00. The predicted molar refractivity (Wildman–Crippen MR) is 77.5 cm³/mol. The van der Waals surface area contributed by atoms with E-state index >= 15 is 0 Å². The van der Waals surface area contributed by atoms with Gasteiger partial charge in [0.1, 0.15) is 0 Å². The number of rotatable bonds is 4. The molecule has 3 rings (SSSR count). The van der Waals surface area contributed by atoms with Gasteiger partial charge in [0.2, 0.25) is 0 Å². The van der Waals surface area contributed by atoms with Crippen LogP contribution in [0.1, 0.15) is 18.5 Å². The van der Waals surface area contributed by atoms with Crippen LogP contribution in [0.25, 0.3) is 5.69 Å². The topological polar surface area (TPSA) is 42.3 Å². The fourth-order valence-electron chi connectivity index (χ4n) is 2.32. The monoisotopic (exact) mass is 272 g/mol. The molecule has 1 fully saturated rings. The van der Waals surface area contributed by atoms with Gasteiger partial charge in [0.05, 0.1) is 25.1 Å². The molecule has 5 nitrogen and oxygen atoms in total. The van der Waals surface area contributed by atoms with Crippen LogP contribution in [0.2, 0.25) is 0 Å². The van der Waals surface area contributed by atoms with Crippen molar-refractivity contribution in [2.24, 2.45) is 0 Å². The van der Waals surface area contributed by atoms with Crippen molar-refractivity contribution in [1.82, 2.24) is 20.2 Å². The Morgan fingerprint density at radius 1 is 1.20 bits per heavy atom. The molecule has 1 aliphatic heterocycles. The molecule has 2 heterocycles. The zero-order chi connectivity index (χ0) is 13.8. The molecule has 1 aliphatic rings. The third-order valence-corrected chi connectivity index (χ3v) is 3.51. The molecule has 0 bridgehead atoms. The molecule has 1 saturated heterocycles. The number of nitrogens with zero attached hydrogens (tertiary/aromatic N) is 3. The molecule has 20 heavy (non-hydrogen) atoms. The maximum Gasteiger partial charge on any atom is 0.0645 e. The van der Waals surface area contributed by atoms with Crippen molar-refractivity contribution in [3.05, 3.63) is 48.3 Å². The molecule has 1 aromatic carbocycles. The van der Waals surface area contributed by atoms with Gasteiger partial charge in [-0.25, -0.2) is 15.1 Å². The van der Waals surface area contributed by atoms with E-state index in [0.29, 0.717) is 0 Å². The summed E-state index contributed by atoms with van der Waals surface area (Å²) in [6, 6.07) is 10.4. The molecule has 1 unspecified atom stereocenters. The summed E-state index contributed by atoms with van der Waals surface area (Å²) in [5.41, 5.74) is 5.76. The second kappa shape index (κ2) is 6.17. The van der Waals surface area contributed by atoms with Crippen LogP contribution in [-0.2, 0) is 4.74 Å². The van der Waals surface area contributed by atoms with Crippen LogP contribution in [0.15, 0.2) is 42.7 Å². The fraction of sp³-hybridized carbons (Fsp3) is 0.400. The van der Waals surface area contributed by atoms with Crippen molar-refractivity contribution >= 4 is 0 Å². The van der Waals surface area contributed by atoms with Crippen molar-refractivity contribution in [1.29, 1.82) is 0 Å². The summed E-state index contributed by atoms with van der Waals surface area (Å²) < 4.78 is 7.26. The quantitative estimate of drug-likeness (QED) is 0.921. The third kappa shape index (κ3) is 3.07. The average Bonchev–Trinajstić information content (AvgIpc) is 2.99. The van der Waals surface area contributed by atoms with Gasteiger partial charge in [0, 0.05) is 30.9 Å². The predicted octanol–water partition coefficient (Wildman–Crippen LogP) is 1.77. The standard InChI is InChI=1S/C15H20N4O/c1-13(17-18-7-9-20-10-8-18)14-11-16-19(12-14)15-5-3-2-4-6-15/h2-6,11-13,17H,7-10H2,1H3. The SMILES string of the molecule is CC(NN1CCOCC1)c1cnn(-c2ccccc2)c1. The molecule has 2 aromatic rings. The number of benzene rings is 1. The number of morpholine rings is 1. The minimum Gasteiger partial charge on any atom is -0.379 e. The summed E-state index contributed by atoms with van der Waals surface area (Å²) in [7, 11) is 0. The first-order valence-electron chi connectivity index (χ1n) is 7.02. The molecular formula is C15H20N4O. The molecule has 1 aromatic heterocycles. The van der Waals surface area contributed by atoms with Crippen molar-refractivity contribution < 1.29 is 4.74 Å². The van der Waals surface area contributed by atoms with Gasteiger partial charge >= 0.3 is 0 Å². The lowest BCUT2D eigenvalue weighted by molar-refractivity contribution is 0.00484. The van der Waals surface area contributed by atoms with Crippen LogP contribution in [0.5, 0.6) is 0 Å². The Bertz CT molecular complexity index is 534. The van der Waals surface area contributed by atoms with E-state index in [9.17, 15) is 0 Å². The smallest absolute Gasteiger partial charge is 0.0645 e. The van der Waals surface area contributed by atoms with Crippen LogP contribution < -0.4 is 5.43 Å². The summed E-state index contributed by atoms with van der Waals surface area (Å²) in [6.45, 7) is 5.60. The molecule has 5 heteroatoms. The number of hydrogen-bond donors (Lipinski definition) is 1. The Morgan fingerprint density at radius 2 is 1.95 bits per heavy atom. The van der Waals surface area contributed by atoms with Crippen molar-refractivity contribution in [2.75, 3.05) is 26.3 Å². The van der Waals surface area contributed by atoms with E-state index in [2.05, 4.69) is 40.8 Å². The van der Waals surface area contributed by atoms with Gasteiger partial charge in [-0.2, -0.15) is 5.10 Å². The first kappa shape index (κ1) is 13.3. The van der Waals surface area contributed by atoms with E-state index in [-0.39, 0.29) is 6.04 Å². The Kier molecular flexibility index (Phi) is 4.11. The lowest BCUT2D eigenvalue weighted by Gasteiger charge is -2.29. The van der Waals surface area contributed by atoms with Crippen LogP contribution >= 0.6 is 0 Å². The Hall–Kier alpha value is -1.69. The van der Waals surface area contributed by atoms with Gasteiger partial charge < -0.3 is 4.74 Å². The van der Waals surface area contributed by atoms with Gasteiger partial charge in [-0.15, -0.1) is 0 Å². The number of ether oxygens (including phenoxy) is 1. The largest absolute Gasteiger partial charge is 0.379 e. The van der Waals surface area contributed by atoms with E-state index in [0.717, 1.165) is 32.0 Å². The van der Waals surface area contributed by atoms with Gasteiger partial charge in [0.25, 0.3) is 0 Å². The summed E-state index contributed by atoms with van der Waals surface area (Å²) in [5, 5.41) is 6.65. The first-order chi connectivity index (χ1) is 9.83. The molecular weight excluding hydrogens is 252 g/mol. The summed E-state index contributed by atoms with van der Waals surface area (Å²) in [5.74, 6) is 0. The maximum absolute atomic E-state index is 5.35. The summed E-state index contributed by atoms with van der Waals surface area (Å²) in [6.07, 6.45) is 4.00. The fourth-order valence-corrected chi connectivity index (χ4v) is 2.32. The van der Waals surface area contributed by atoms with Crippen LogP contribution in [0, 0.1) is 0 Å². The summed E-state index contributed by atoms with van der Waals surface area (Å²) >= 11 is 0. The van der Waals surface area contributed by atoms with Gasteiger partial charge in [0.15, 0.2) is 0 Å². The Balaban J connectivity index is 1.66. The molecule has 0 radical (unpaired) electrons. The van der Waals surface area contributed by atoms with Crippen LogP contribution in [0.3, 0.4) is 0 Å². The van der Waals surface area contributed by atoms with Crippen LogP contribution in [0.4, 0.5) is 0 Å². The number of hydrazine groups is 1. The van der Waals surface area contributed by atoms with E-state index in [1.807, 2.05) is 29.1 Å². The molecule has 0 aliphatic carbocycles. The van der Waals surface area contributed by atoms with Gasteiger partial charge in [-0.3, -0.25) is 0 Å².